The van der Waals surface area contributed by atoms with Crippen molar-refractivity contribution in [3.63, 3.8) is 0 Å². The quantitative estimate of drug-likeness (QED) is 0.169. The molecule has 2 aliphatic heterocycles. The minimum atomic E-state index is -3.18. The minimum absolute atomic E-state index is 0.891. The van der Waals surface area contributed by atoms with Crippen LogP contribution in [0, 0.1) is 0 Å². The maximum Gasteiger partial charge on any atom is 0.173 e. The summed E-state index contributed by atoms with van der Waals surface area (Å²) in [6, 6.07) is 45.4. The Bertz CT molecular complexity index is 2110. The molecule has 2 unspecified atom stereocenters. The normalized spacial score (nSPS) is 23.7. The lowest BCUT2D eigenvalue weighted by molar-refractivity contribution is 0.592. The number of allylic oxidation sites excluding steroid dienone is 4. The van der Waals surface area contributed by atoms with Crippen LogP contribution in [0.1, 0.15) is 59.4 Å². The summed E-state index contributed by atoms with van der Waals surface area (Å²) in [5, 5.41) is 5.83. The molecule has 230 valence electrons. The first-order valence-corrected chi connectivity index (χ1v) is 20.8. The van der Waals surface area contributed by atoms with E-state index in [1.807, 2.05) is 72.8 Å². The Kier molecular flexibility index (Phi) is 7.02. The molecule has 5 aromatic rings. The Balaban J connectivity index is 1.25. The van der Waals surface area contributed by atoms with E-state index in [0.717, 1.165) is 91.3 Å². The van der Waals surface area contributed by atoms with Crippen molar-refractivity contribution in [2.75, 3.05) is 0 Å². The molecule has 4 aromatic carbocycles. The Hall–Kier alpha value is -4.00. The van der Waals surface area contributed by atoms with Crippen LogP contribution in [0.3, 0.4) is 0 Å². The molecule has 2 atom stereocenters. The van der Waals surface area contributed by atoms with Crippen molar-refractivity contribution in [3.05, 3.63) is 177 Å². The highest BCUT2D eigenvalue weighted by Gasteiger charge is 2.49. The maximum atomic E-state index is 16.0. The van der Waals surface area contributed by atoms with Gasteiger partial charge >= 0.3 is 0 Å². The summed E-state index contributed by atoms with van der Waals surface area (Å²) >= 11 is 1.70. The number of hydrogen-bond acceptors (Lipinski definition) is 3. The van der Waals surface area contributed by atoms with Crippen LogP contribution in [-0.4, -0.2) is 0 Å². The van der Waals surface area contributed by atoms with E-state index in [1.165, 1.54) is 22.3 Å². The molecule has 0 bridgehead atoms. The number of hydrogen-bond donors (Lipinski definition) is 0. The van der Waals surface area contributed by atoms with Gasteiger partial charge in [0.2, 0.25) is 0 Å². The maximum absolute atomic E-state index is 16.0. The molecule has 0 radical (unpaired) electrons. The fourth-order valence-corrected chi connectivity index (χ4v) is 17.4. The molecule has 9 rings (SSSR count). The summed E-state index contributed by atoms with van der Waals surface area (Å²) in [5.41, 5.74) is 7.20. The molecule has 1 aromatic heterocycles. The Morgan fingerprint density at radius 1 is 0.383 bits per heavy atom. The number of benzene rings is 4. The van der Waals surface area contributed by atoms with Crippen LogP contribution in [0.15, 0.2) is 156 Å². The van der Waals surface area contributed by atoms with Crippen LogP contribution in [0.2, 0.25) is 0 Å². The zero-order valence-corrected chi connectivity index (χ0v) is 28.7. The number of rotatable bonds is 6. The van der Waals surface area contributed by atoms with Gasteiger partial charge in [0.1, 0.15) is 0 Å². The average Bonchev–Trinajstić information content (AvgIpc) is 3.95. The standard InChI is InChI=1S/C42H34O2P2S/c43-45(31-19-9-3-10-20-31)39(29-15-5-1-6-16-29)33-23-13-25-35(33)41(45)37-27-28-38(47-37)42-36-26-14-24-34(36)40(30-17-7-2-8-18-30)46(42,44)32-21-11-4-12-22-32/h1-12,15-22,27-28H,13-14,23-26H2. The highest BCUT2D eigenvalue weighted by molar-refractivity contribution is 7.91. The van der Waals surface area contributed by atoms with Crippen molar-refractivity contribution in [2.45, 2.75) is 38.5 Å². The molecule has 3 heterocycles. The van der Waals surface area contributed by atoms with Crippen molar-refractivity contribution in [3.8, 4) is 0 Å². The highest BCUT2D eigenvalue weighted by atomic mass is 32.1. The summed E-state index contributed by atoms with van der Waals surface area (Å²) < 4.78 is 32.0. The van der Waals surface area contributed by atoms with E-state index in [1.54, 1.807) is 11.3 Å². The van der Waals surface area contributed by atoms with Gasteiger partial charge in [0.05, 0.1) is 0 Å². The summed E-state index contributed by atoms with van der Waals surface area (Å²) in [6.45, 7) is 0. The molecular weight excluding hydrogens is 630 g/mol. The van der Waals surface area contributed by atoms with Crippen molar-refractivity contribution in [1.82, 2.24) is 0 Å². The monoisotopic (exact) mass is 664 g/mol. The van der Waals surface area contributed by atoms with Crippen LogP contribution < -0.4 is 10.6 Å². The largest absolute Gasteiger partial charge is 0.309 e. The van der Waals surface area contributed by atoms with Crippen molar-refractivity contribution < 1.29 is 9.13 Å². The molecule has 47 heavy (non-hydrogen) atoms. The van der Waals surface area contributed by atoms with Crippen molar-refractivity contribution in [2.24, 2.45) is 0 Å². The van der Waals surface area contributed by atoms with Gasteiger partial charge in [-0.2, -0.15) is 0 Å². The summed E-state index contributed by atoms with van der Waals surface area (Å²) in [6.07, 6.45) is 5.92. The topological polar surface area (TPSA) is 34.1 Å². The van der Waals surface area contributed by atoms with Crippen LogP contribution in [0.4, 0.5) is 0 Å². The molecule has 4 aliphatic rings. The van der Waals surface area contributed by atoms with Crippen LogP contribution in [0.5, 0.6) is 0 Å². The van der Waals surface area contributed by atoms with E-state index >= 15 is 9.13 Å². The van der Waals surface area contributed by atoms with Gasteiger partial charge in [0.25, 0.3) is 0 Å². The van der Waals surface area contributed by atoms with Gasteiger partial charge in [-0.3, -0.25) is 0 Å². The molecule has 2 saturated carbocycles. The number of thiophene rings is 1. The van der Waals surface area contributed by atoms with Crippen molar-refractivity contribution >= 4 is 57.5 Å². The highest BCUT2D eigenvalue weighted by Crippen LogP contribution is 2.78. The van der Waals surface area contributed by atoms with Gasteiger partial charge in [-0.05, 0) is 84.1 Å². The van der Waals surface area contributed by atoms with Gasteiger partial charge in [-0.15, -0.1) is 11.3 Å². The smallest absolute Gasteiger partial charge is 0.173 e. The fourth-order valence-electron chi connectivity index (χ4n) is 8.41. The van der Waals surface area contributed by atoms with Crippen LogP contribution in [-0.2, 0) is 9.13 Å². The summed E-state index contributed by atoms with van der Waals surface area (Å²) in [4.78, 5) is 2.10. The Labute approximate surface area is 280 Å². The zero-order valence-electron chi connectivity index (χ0n) is 26.1. The first kappa shape index (κ1) is 29.2. The third-order valence-electron chi connectivity index (χ3n) is 10.2. The molecule has 2 nitrogen and oxygen atoms in total. The van der Waals surface area contributed by atoms with E-state index in [4.69, 9.17) is 0 Å². The van der Waals surface area contributed by atoms with E-state index in [2.05, 4.69) is 60.7 Å². The Morgan fingerprint density at radius 2 is 0.702 bits per heavy atom. The van der Waals surface area contributed by atoms with Gasteiger partial charge in [0.15, 0.2) is 14.3 Å². The molecule has 0 saturated heterocycles. The van der Waals surface area contributed by atoms with Gasteiger partial charge in [0, 0.05) is 41.6 Å². The second-order valence-electron chi connectivity index (χ2n) is 12.8. The summed E-state index contributed by atoms with van der Waals surface area (Å²) in [7, 11) is -6.36. The van der Waals surface area contributed by atoms with Crippen molar-refractivity contribution in [1.29, 1.82) is 0 Å². The van der Waals surface area contributed by atoms with E-state index in [-0.39, 0.29) is 0 Å². The average molecular weight is 665 g/mol. The first-order valence-electron chi connectivity index (χ1n) is 16.6. The molecular formula is C42H34O2P2S. The first-order chi connectivity index (χ1) is 23.1. The molecule has 0 N–H and O–H groups in total. The van der Waals surface area contributed by atoms with E-state index in [0.29, 0.717) is 0 Å². The van der Waals surface area contributed by atoms with Gasteiger partial charge in [-0.25, -0.2) is 0 Å². The molecule has 0 amide bonds. The lowest BCUT2D eigenvalue weighted by atomic mass is 10.0. The van der Waals surface area contributed by atoms with Crippen LogP contribution in [0.25, 0.3) is 21.3 Å². The lowest BCUT2D eigenvalue weighted by Crippen LogP contribution is -2.06. The van der Waals surface area contributed by atoms with E-state index < -0.39 is 14.3 Å². The molecule has 5 heteroatoms. The summed E-state index contributed by atoms with van der Waals surface area (Å²) in [5.74, 6) is 0. The minimum Gasteiger partial charge on any atom is -0.309 e. The predicted molar refractivity (Wildman–Crippen MR) is 200 cm³/mol. The molecule has 2 fully saturated rings. The lowest BCUT2D eigenvalue weighted by Gasteiger charge is -2.23. The zero-order chi connectivity index (χ0) is 31.6. The SMILES string of the molecule is O=P1(c2ccccc2)C(c2ccccc2)=C2CCCC2=C1c1ccc(C2=C3CCCC3=C(c3ccccc3)P2(=O)c2ccccc2)s1. The number of fused-ring (bicyclic) bond motifs is 2. The van der Waals surface area contributed by atoms with Gasteiger partial charge in [-0.1, -0.05) is 121 Å². The Morgan fingerprint density at radius 3 is 1.06 bits per heavy atom. The predicted octanol–water partition coefficient (Wildman–Crippen LogP) is 11.8. The van der Waals surface area contributed by atoms with E-state index in [9.17, 15) is 0 Å². The molecule has 2 aliphatic carbocycles. The third-order valence-corrected chi connectivity index (χ3v) is 18.3. The molecule has 0 spiro atoms. The second kappa shape index (κ2) is 11.3. The van der Waals surface area contributed by atoms with Crippen LogP contribution >= 0.6 is 25.6 Å². The fraction of sp³-hybridized carbons (Fsp3) is 0.143. The second-order valence-corrected chi connectivity index (χ2v) is 19.1. The van der Waals surface area contributed by atoms with Gasteiger partial charge < -0.3 is 9.13 Å². The third kappa shape index (κ3) is 4.30.